The van der Waals surface area contributed by atoms with E-state index in [2.05, 4.69) is 49.9 Å². The molecule has 1 unspecified atom stereocenters. The molecular weight excluding hydrogens is 380 g/mol. The molecule has 2 aromatic rings. The number of primary amides is 1. The van der Waals surface area contributed by atoms with Crippen molar-refractivity contribution in [1.29, 1.82) is 0 Å². The van der Waals surface area contributed by atoms with Crippen molar-refractivity contribution in [2.75, 3.05) is 19.6 Å². The number of hydrogen-bond donors (Lipinski definition) is 3. The van der Waals surface area contributed by atoms with Gasteiger partial charge in [-0.3, -0.25) is 14.4 Å². The Morgan fingerprint density at radius 2 is 2.17 bits per heavy atom. The molecule has 1 aliphatic heterocycles. The van der Waals surface area contributed by atoms with Crippen LogP contribution in [0.1, 0.15) is 36.7 Å². The number of hydrogen-bond acceptors (Lipinski definition) is 5. The van der Waals surface area contributed by atoms with Gasteiger partial charge in [-0.05, 0) is 37.4 Å². The van der Waals surface area contributed by atoms with E-state index in [0.29, 0.717) is 13.1 Å². The van der Waals surface area contributed by atoms with Gasteiger partial charge in [0, 0.05) is 26.7 Å². The summed E-state index contributed by atoms with van der Waals surface area (Å²) in [5.74, 6) is 1.37. The van der Waals surface area contributed by atoms with Gasteiger partial charge in [-0.2, -0.15) is 5.10 Å². The molecule has 30 heavy (non-hydrogen) atoms. The molecule has 9 nitrogen and oxygen atoms in total. The summed E-state index contributed by atoms with van der Waals surface area (Å²) in [4.78, 5) is 22.7. The standard InChI is InChI=1S/C21H32N8O/c1-3-23-21(25-12-19-26-15-27-28(19)2)24-11-16-6-4-7-17(10-16)13-29-9-5-8-18(14-29)20(22)30/h4,6-7,10,15,18H,3,5,8-9,11-14H2,1-2H3,(H2,22,30)(H2,23,24,25). The minimum Gasteiger partial charge on any atom is -0.369 e. The van der Waals surface area contributed by atoms with Gasteiger partial charge in [-0.25, -0.2) is 9.98 Å². The topological polar surface area (TPSA) is 113 Å². The van der Waals surface area contributed by atoms with E-state index >= 15 is 0 Å². The van der Waals surface area contributed by atoms with Crippen molar-refractivity contribution >= 4 is 11.9 Å². The Kier molecular flexibility index (Phi) is 7.78. The van der Waals surface area contributed by atoms with Crippen molar-refractivity contribution in [3.8, 4) is 0 Å². The molecule has 1 amide bonds. The lowest BCUT2D eigenvalue weighted by Gasteiger charge is -2.31. The quantitative estimate of drug-likeness (QED) is 0.436. The van der Waals surface area contributed by atoms with Gasteiger partial charge in [0.05, 0.1) is 19.0 Å². The molecule has 2 heterocycles. The minimum atomic E-state index is -0.187. The predicted octanol–water partition coefficient (Wildman–Crippen LogP) is 0.768. The fraction of sp³-hybridized carbons (Fsp3) is 0.524. The first kappa shape index (κ1) is 21.8. The van der Waals surface area contributed by atoms with Gasteiger partial charge in [0.2, 0.25) is 5.91 Å². The summed E-state index contributed by atoms with van der Waals surface area (Å²) in [6.45, 7) is 6.52. The average Bonchev–Trinajstić information content (AvgIpc) is 3.15. The SMILES string of the molecule is CCNC(=NCc1cccc(CN2CCCC(C(N)=O)C2)c1)NCc1ncnn1C. The van der Waals surface area contributed by atoms with E-state index in [9.17, 15) is 4.79 Å². The number of carbonyl (C=O) groups excluding carboxylic acids is 1. The predicted molar refractivity (Wildman–Crippen MR) is 116 cm³/mol. The van der Waals surface area contributed by atoms with Crippen LogP contribution in [0.2, 0.25) is 0 Å². The lowest BCUT2D eigenvalue weighted by molar-refractivity contribution is -0.123. The van der Waals surface area contributed by atoms with Crippen LogP contribution in [0.5, 0.6) is 0 Å². The van der Waals surface area contributed by atoms with Crippen molar-refractivity contribution in [3.05, 3.63) is 47.5 Å². The summed E-state index contributed by atoms with van der Waals surface area (Å²) < 4.78 is 1.74. The number of carbonyl (C=O) groups is 1. The maximum Gasteiger partial charge on any atom is 0.221 e. The van der Waals surface area contributed by atoms with E-state index < -0.39 is 0 Å². The Morgan fingerprint density at radius 3 is 2.90 bits per heavy atom. The van der Waals surface area contributed by atoms with E-state index in [-0.39, 0.29) is 11.8 Å². The number of rotatable bonds is 8. The third-order valence-electron chi connectivity index (χ3n) is 5.29. The number of aromatic nitrogens is 3. The number of nitrogens with one attached hydrogen (secondary N) is 2. The van der Waals surface area contributed by atoms with Gasteiger partial charge in [0.1, 0.15) is 12.2 Å². The highest BCUT2D eigenvalue weighted by atomic mass is 16.1. The molecule has 1 aromatic carbocycles. The number of benzene rings is 1. The monoisotopic (exact) mass is 412 g/mol. The van der Waals surface area contributed by atoms with Crippen LogP contribution in [-0.2, 0) is 31.5 Å². The van der Waals surface area contributed by atoms with Crippen molar-refractivity contribution in [2.45, 2.75) is 39.4 Å². The number of aryl methyl sites for hydroxylation is 1. The normalized spacial score (nSPS) is 17.7. The van der Waals surface area contributed by atoms with Crippen LogP contribution in [0.25, 0.3) is 0 Å². The third kappa shape index (κ3) is 6.28. The van der Waals surface area contributed by atoms with Crippen LogP contribution in [0, 0.1) is 5.92 Å². The first-order chi connectivity index (χ1) is 14.5. The lowest BCUT2D eigenvalue weighted by Crippen LogP contribution is -2.40. The second-order valence-electron chi connectivity index (χ2n) is 7.65. The maximum absolute atomic E-state index is 11.5. The van der Waals surface area contributed by atoms with E-state index in [4.69, 9.17) is 10.7 Å². The summed E-state index contributed by atoms with van der Waals surface area (Å²) in [6.07, 6.45) is 3.45. The fourth-order valence-electron chi connectivity index (χ4n) is 3.67. The second-order valence-corrected chi connectivity index (χ2v) is 7.65. The molecule has 1 atom stereocenters. The van der Waals surface area contributed by atoms with E-state index in [1.54, 1.807) is 11.0 Å². The van der Waals surface area contributed by atoms with Gasteiger partial charge in [-0.1, -0.05) is 24.3 Å². The molecule has 0 bridgehead atoms. The van der Waals surface area contributed by atoms with Gasteiger partial charge >= 0.3 is 0 Å². The lowest BCUT2D eigenvalue weighted by atomic mass is 9.97. The molecule has 0 spiro atoms. The summed E-state index contributed by atoms with van der Waals surface area (Å²) in [5, 5.41) is 10.6. The molecular formula is C21H32N8O. The molecule has 3 rings (SSSR count). The fourth-order valence-corrected chi connectivity index (χ4v) is 3.67. The van der Waals surface area contributed by atoms with E-state index in [1.165, 1.54) is 5.56 Å². The molecule has 1 saturated heterocycles. The minimum absolute atomic E-state index is 0.0331. The first-order valence-corrected chi connectivity index (χ1v) is 10.5. The van der Waals surface area contributed by atoms with Crippen molar-refractivity contribution < 1.29 is 4.79 Å². The van der Waals surface area contributed by atoms with Crippen LogP contribution >= 0.6 is 0 Å². The number of piperidine rings is 1. The average molecular weight is 413 g/mol. The number of nitrogens with two attached hydrogens (primary N) is 1. The highest BCUT2D eigenvalue weighted by Gasteiger charge is 2.23. The molecule has 9 heteroatoms. The smallest absolute Gasteiger partial charge is 0.221 e. The summed E-state index contributed by atoms with van der Waals surface area (Å²) in [7, 11) is 1.87. The molecule has 162 valence electrons. The third-order valence-corrected chi connectivity index (χ3v) is 5.29. The van der Waals surface area contributed by atoms with Crippen LogP contribution in [0.4, 0.5) is 0 Å². The Labute approximate surface area is 177 Å². The van der Waals surface area contributed by atoms with E-state index in [0.717, 1.165) is 56.4 Å². The highest BCUT2D eigenvalue weighted by molar-refractivity contribution is 5.79. The number of aliphatic imine (C=N–C) groups is 1. The largest absolute Gasteiger partial charge is 0.369 e. The molecule has 0 radical (unpaired) electrons. The molecule has 1 fully saturated rings. The van der Waals surface area contributed by atoms with Crippen LogP contribution in [0.15, 0.2) is 35.6 Å². The molecule has 4 N–H and O–H groups in total. The number of guanidine groups is 1. The van der Waals surface area contributed by atoms with Crippen LogP contribution < -0.4 is 16.4 Å². The number of likely N-dealkylation sites (tertiary alicyclic amines) is 1. The van der Waals surface area contributed by atoms with Gasteiger partial charge in [-0.15, -0.1) is 0 Å². The zero-order valence-corrected chi connectivity index (χ0v) is 17.8. The zero-order chi connectivity index (χ0) is 21.3. The molecule has 0 aliphatic carbocycles. The molecule has 1 aromatic heterocycles. The van der Waals surface area contributed by atoms with Crippen LogP contribution in [-0.4, -0.2) is 51.2 Å². The second kappa shape index (κ2) is 10.7. The summed E-state index contributed by atoms with van der Waals surface area (Å²) >= 11 is 0. The Hall–Kier alpha value is -2.94. The Morgan fingerprint density at radius 1 is 1.33 bits per heavy atom. The van der Waals surface area contributed by atoms with Gasteiger partial charge < -0.3 is 16.4 Å². The van der Waals surface area contributed by atoms with Crippen molar-refractivity contribution in [1.82, 2.24) is 30.3 Å². The summed E-state index contributed by atoms with van der Waals surface area (Å²) in [6, 6.07) is 8.46. The van der Waals surface area contributed by atoms with E-state index in [1.807, 2.05) is 14.0 Å². The Bertz CT molecular complexity index is 862. The van der Waals surface area contributed by atoms with Gasteiger partial charge in [0.15, 0.2) is 5.96 Å². The maximum atomic E-state index is 11.5. The van der Waals surface area contributed by atoms with Gasteiger partial charge in [0.25, 0.3) is 0 Å². The highest BCUT2D eigenvalue weighted by Crippen LogP contribution is 2.19. The number of amides is 1. The zero-order valence-electron chi connectivity index (χ0n) is 17.8. The molecule has 0 saturated carbocycles. The Balaban J connectivity index is 1.58. The molecule has 1 aliphatic rings. The van der Waals surface area contributed by atoms with Crippen molar-refractivity contribution in [2.24, 2.45) is 23.7 Å². The van der Waals surface area contributed by atoms with Crippen LogP contribution in [0.3, 0.4) is 0 Å². The number of nitrogens with zero attached hydrogens (tertiary/aromatic N) is 5. The first-order valence-electron chi connectivity index (χ1n) is 10.5. The summed E-state index contributed by atoms with van der Waals surface area (Å²) in [5.41, 5.74) is 7.87. The van der Waals surface area contributed by atoms with Crippen molar-refractivity contribution in [3.63, 3.8) is 0 Å².